The molecule has 3 nitrogen and oxygen atoms in total. The van der Waals surface area contributed by atoms with E-state index in [9.17, 15) is 13.6 Å². The third-order valence-corrected chi connectivity index (χ3v) is 4.26. The van der Waals surface area contributed by atoms with Gasteiger partial charge < -0.3 is 5.32 Å². The van der Waals surface area contributed by atoms with E-state index in [1.807, 2.05) is 16.8 Å². The number of rotatable bonds is 3. The molecular weight excluding hydrogens is 314 g/mol. The molecule has 7 heteroatoms. The van der Waals surface area contributed by atoms with Gasteiger partial charge in [-0.1, -0.05) is 0 Å². The lowest BCUT2D eigenvalue weighted by Gasteiger charge is -2.04. The summed E-state index contributed by atoms with van der Waals surface area (Å²) in [7, 11) is 0. The number of nitrogens with zero attached hydrogens (tertiary/aromatic N) is 1. The Morgan fingerprint density at radius 2 is 2.05 bits per heavy atom. The lowest BCUT2D eigenvalue weighted by Crippen LogP contribution is -2.13. The fourth-order valence-electron chi connectivity index (χ4n) is 1.68. The van der Waals surface area contributed by atoms with Crippen LogP contribution in [0.15, 0.2) is 40.4 Å². The van der Waals surface area contributed by atoms with Gasteiger partial charge in [0.2, 0.25) is 0 Å². The maximum atomic E-state index is 13.5. The number of anilines is 1. The topological polar surface area (TPSA) is 42.0 Å². The Balaban J connectivity index is 1.81. The first-order valence-corrected chi connectivity index (χ1v) is 7.70. The highest BCUT2D eigenvalue weighted by Gasteiger charge is 2.14. The molecule has 0 fully saturated rings. The molecule has 0 aliphatic heterocycles. The van der Waals surface area contributed by atoms with Gasteiger partial charge in [0.05, 0.1) is 5.69 Å². The summed E-state index contributed by atoms with van der Waals surface area (Å²) in [6.45, 7) is 0. The SMILES string of the molecule is O=C(Nc1cc(F)ccc1F)c1csc(-c2ccsc2)n1. The predicted molar refractivity (Wildman–Crippen MR) is 79.7 cm³/mol. The number of hydrogen-bond donors (Lipinski definition) is 1. The van der Waals surface area contributed by atoms with Crippen molar-refractivity contribution in [1.29, 1.82) is 0 Å². The second-order valence-corrected chi connectivity index (χ2v) is 5.77. The fraction of sp³-hybridized carbons (Fsp3) is 0. The summed E-state index contributed by atoms with van der Waals surface area (Å²) in [6.07, 6.45) is 0. The molecule has 21 heavy (non-hydrogen) atoms. The second-order valence-electron chi connectivity index (χ2n) is 4.13. The molecule has 1 amide bonds. The average molecular weight is 322 g/mol. The van der Waals surface area contributed by atoms with Gasteiger partial charge in [-0.15, -0.1) is 11.3 Å². The highest BCUT2D eigenvalue weighted by atomic mass is 32.1. The van der Waals surface area contributed by atoms with Crippen molar-refractivity contribution in [2.24, 2.45) is 0 Å². The average Bonchev–Trinajstić information content (AvgIpc) is 3.12. The van der Waals surface area contributed by atoms with E-state index in [2.05, 4.69) is 10.3 Å². The highest BCUT2D eigenvalue weighted by Crippen LogP contribution is 2.26. The van der Waals surface area contributed by atoms with E-state index < -0.39 is 17.5 Å². The number of nitrogens with one attached hydrogen (secondary N) is 1. The Hall–Kier alpha value is -2.12. The van der Waals surface area contributed by atoms with Crippen molar-refractivity contribution < 1.29 is 13.6 Å². The van der Waals surface area contributed by atoms with Gasteiger partial charge in [-0.25, -0.2) is 13.8 Å². The summed E-state index contributed by atoms with van der Waals surface area (Å²) in [6, 6.07) is 4.78. The Morgan fingerprint density at radius 1 is 1.19 bits per heavy atom. The van der Waals surface area contributed by atoms with Gasteiger partial charge in [0.25, 0.3) is 5.91 Å². The summed E-state index contributed by atoms with van der Waals surface area (Å²) in [4.78, 5) is 16.2. The van der Waals surface area contributed by atoms with Crippen LogP contribution in [0.3, 0.4) is 0 Å². The summed E-state index contributed by atoms with van der Waals surface area (Å²) >= 11 is 2.85. The van der Waals surface area contributed by atoms with Gasteiger partial charge in [-0.2, -0.15) is 11.3 Å². The molecule has 0 bridgehead atoms. The molecule has 0 aliphatic rings. The number of amides is 1. The summed E-state index contributed by atoms with van der Waals surface area (Å²) in [5.41, 5.74) is 0.899. The standard InChI is InChI=1S/C14H8F2N2OS2/c15-9-1-2-10(16)11(5-9)17-13(19)12-7-21-14(18-12)8-3-4-20-6-8/h1-7H,(H,17,19). The van der Waals surface area contributed by atoms with Crippen LogP contribution in [0.4, 0.5) is 14.5 Å². The molecule has 1 aromatic carbocycles. The van der Waals surface area contributed by atoms with Crippen molar-refractivity contribution in [3.63, 3.8) is 0 Å². The number of thiophene rings is 1. The third kappa shape index (κ3) is 2.98. The van der Waals surface area contributed by atoms with E-state index in [1.54, 1.807) is 5.38 Å². The first-order chi connectivity index (χ1) is 10.1. The molecule has 0 unspecified atom stereocenters. The smallest absolute Gasteiger partial charge is 0.275 e. The predicted octanol–water partition coefficient (Wildman–Crippen LogP) is 4.40. The second kappa shape index (κ2) is 5.71. The van der Waals surface area contributed by atoms with Crippen LogP contribution in [0, 0.1) is 11.6 Å². The molecule has 3 rings (SSSR count). The molecule has 0 atom stereocenters. The first kappa shape index (κ1) is 13.8. The zero-order valence-corrected chi connectivity index (χ0v) is 12.1. The number of thiazole rings is 1. The Kier molecular flexibility index (Phi) is 3.76. The molecule has 3 aromatic rings. The van der Waals surface area contributed by atoms with E-state index in [0.29, 0.717) is 5.01 Å². The van der Waals surface area contributed by atoms with Crippen LogP contribution in [0.2, 0.25) is 0 Å². The number of hydrogen-bond acceptors (Lipinski definition) is 4. The largest absolute Gasteiger partial charge is 0.318 e. The van der Waals surface area contributed by atoms with Crippen LogP contribution >= 0.6 is 22.7 Å². The van der Waals surface area contributed by atoms with Gasteiger partial charge in [-0.05, 0) is 23.6 Å². The zero-order valence-electron chi connectivity index (χ0n) is 10.5. The molecule has 0 saturated carbocycles. The maximum Gasteiger partial charge on any atom is 0.275 e. The van der Waals surface area contributed by atoms with Crippen molar-refractivity contribution in [3.8, 4) is 10.6 Å². The van der Waals surface area contributed by atoms with Gasteiger partial charge in [0.1, 0.15) is 22.3 Å². The monoisotopic (exact) mass is 322 g/mol. The van der Waals surface area contributed by atoms with E-state index in [0.717, 1.165) is 23.8 Å². The van der Waals surface area contributed by atoms with E-state index >= 15 is 0 Å². The van der Waals surface area contributed by atoms with Crippen LogP contribution in [0.1, 0.15) is 10.5 Å². The van der Waals surface area contributed by atoms with Crippen molar-refractivity contribution in [1.82, 2.24) is 4.98 Å². The molecule has 2 aromatic heterocycles. The molecule has 0 spiro atoms. The Labute approximate surface area is 126 Å². The quantitative estimate of drug-likeness (QED) is 0.776. The van der Waals surface area contributed by atoms with Gasteiger partial charge in [0.15, 0.2) is 0 Å². The van der Waals surface area contributed by atoms with E-state index in [-0.39, 0.29) is 11.4 Å². The minimum absolute atomic E-state index is 0.171. The summed E-state index contributed by atoms with van der Waals surface area (Å²) < 4.78 is 26.5. The molecular formula is C14H8F2N2OS2. The fourth-order valence-corrected chi connectivity index (χ4v) is 3.19. The maximum absolute atomic E-state index is 13.5. The summed E-state index contributed by atoms with van der Waals surface area (Å²) in [5.74, 6) is -1.89. The Bertz CT molecular complexity index is 784. The van der Waals surface area contributed by atoms with Crippen LogP contribution in [0.5, 0.6) is 0 Å². The van der Waals surface area contributed by atoms with Gasteiger partial charge in [-0.3, -0.25) is 4.79 Å². The normalized spacial score (nSPS) is 10.6. The number of carbonyl (C=O) groups is 1. The van der Waals surface area contributed by atoms with Gasteiger partial charge >= 0.3 is 0 Å². The zero-order chi connectivity index (χ0) is 14.8. The molecule has 0 radical (unpaired) electrons. The molecule has 0 saturated heterocycles. The number of benzene rings is 1. The van der Waals surface area contributed by atoms with E-state index in [4.69, 9.17) is 0 Å². The van der Waals surface area contributed by atoms with Crippen LogP contribution in [0.25, 0.3) is 10.6 Å². The minimum Gasteiger partial charge on any atom is -0.318 e. The lowest BCUT2D eigenvalue weighted by atomic mass is 10.3. The number of carbonyl (C=O) groups excluding carboxylic acids is 1. The van der Waals surface area contributed by atoms with Crippen LogP contribution in [-0.4, -0.2) is 10.9 Å². The molecule has 106 valence electrons. The molecule has 1 N–H and O–H groups in total. The van der Waals surface area contributed by atoms with Crippen LogP contribution in [-0.2, 0) is 0 Å². The number of aromatic nitrogens is 1. The van der Waals surface area contributed by atoms with Crippen molar-refractivity contribution >= 4 is 34.3 Å². The third-order valence-electron chi connectivity index (χ3n) is 2.68. The highest BCUT2D eigenvalue weighted by molar-refractivity contribution is 7.14. The van der Waals surface area contributed by atoms with Crippen molar-refractivity contribution in [2.45, 2.75) is 0 Å². The molecule has 2 heterocycles. The van der Waals surface area contributed by atoms with Crippen LogP contribution < -0.4 is 5.32 Å². The van der Waals surface area contributed by atoms with Gasteiger partial charge in [0, 0.05) is 22.4 Å². The summed E-state index contributed by atoms with van der Waals surface area (Å²) in [5, 5.41) is 8.45. The van der Waals surface area contributed by atoms with Crippen molar-refractivity contribution in [3.05, 3.63) is 57.7 Å². The van der Waals surface area contributed by atoms with Crippen molar-refractivity contribution in [2.75, 3.05) is 5.32 Å². The minimum atomic E-state index is -0.696. The first-order valence-electron chi connectivity index (χ1n) is 5.88. The lowest BCUT2D eigenvalue weighted by molar-refractivity contribution is 0.102. The Morgan fingerprint density at radius 3 is 2.81 bits per heavy atom. The van der Waals surface area contributed by atoms with E-state index in [1.165, 1.54) is 22.7 Å². The molecule has 0 aliphatic carbocycles. The number of halogens is 2.